The summed E-state index contributed by atoms with van der Waals surface area (Å²) in [5, 5.41) is 20.7. The summed E-state index contributed by atoms with van der Waals surface area (Å²) in [6, 6.07) is 8.14. The van der Waals surface area contributed by atoms with E-state index < -0.39 is 36.3 Å². The third-order valence-electron chi connectivity index (χ3n) is 4.48. The van der Waals surface area contributed by atoms with Crippen molar-refractivity contribution in [1.29, 1.82) is 0 Å². The average Bonchev–Trinajstić information content (AvgIpc) is 2.74. The largest absolute Gasteiger partial charge is 0.542 e. The van der Waals surface area contributed by atoms with E-state index in [1.165, 1.54) is 13.0 Å². The minimum absolute atomic E-state index is 0.328. The van der Waals surface area contributed by atoms with E-state index in [1.54, 1.807) is 4.90 Å². The van der Waals surface area contributed by atoms with Crippen LogP contribution in [0.15, 0.2) is 42.2 Å². The van der Waals surface area contributed by atoms with Gasteiger partial charge in [0.1, 0.15) is 18.1 Å². The maximum atomic E-state index is 13.2. The highest BCUT2D eigenvalue weighted by atomic mass is 19.4. The van der Waals surface area contributed by atoms with E-state index in [1.807, 2.05) is 37.3 Å². The van der Waals surface area contributed by atoms with Gasteiger partial charge in [-0.1, -0.05) is 37.3 Å². The van der Waals surface area contributed by atoms with E-state index in [0.717, 1.165) is 12.0 Å². The fourth-order valence-corrected chi connectivity index (χ4v) is 3.04. The molecule has 188 valence electrons. The number of hydrogen-bond donors (Lipinski definition) is 3. The van der Waals surface area contributed by atoms with Crippen LogP contribution < -0.4 is 16.2 Å². The molecule has 0 radical (unpaired) electrons. The molecule has 1 aliphatic heterocycles. The van der Waals surface area contributed by atoms with E-state index in [2.05, 4.69) is 11.1 Å². The number of nitrogens with one attached hydrogen (secondary N) is 1. The molecule has 1 aromatic rings. The van der Waals surface area contributed by atoms with Crippen LogP contribution >= 0.6 is 0 Å². The van der Waals surface area contributed by atoms with Crippen LogP contribution in [0.3, 0.4) is 0 Å². The predicted octanol–water partition coefficient (Wildman–Crippen LogP) is -0.794. The number of carboxylic acid groups (broad SMARTS) is 2. The molecule has 0 fully saturated rings. The molecule has 0 bridgehead atoms. The first-order valence-corrected chi connectivity index (χ1v) is 10.1. The summed E-state index contributed by atoms with van der Waals surface area (Å²) in [6.45, 7) is 4.13. The normalized spacial score (nSPS) is 19.5. The number of aliphatic carboxylic acids is 2. The van der Waals surface area contributed by atoms with E-state index >= 15 is 0 Å². The Morgan fingerprint density at radius 3 is 2.21 bits per heavy atom. The number of amides is 2. The molecule has 1 heterocycles. The minimum atomic E-state index is -5.19. The van der Waals surface area contributed by atoms with Crippen LogP contribution in [0.1, 0.15) is 25.8 Å². The third kappa shape index (κ3) is 8.73. The Morgan fingerprint density at radius 2 is 1.76 bits per heavy atom. The number of hydrogen-bond acceptors (Lipinski definition) is 6. The Morgan fingerprint density at radius 1 is 1.21 bits per heavy atom. The molecular formula is C21H26F3N3O7. The van der Waals surface area contributed by atoms with Crippen LogP contribution in [0.2, 0.25) is 0 Å². The quantitative estimate of drug-likeness (QED) is 0.452. The van der Waals surface area contributed by atoms with Crippen LogP contribution in [0, 0.1) is 0 Å². The second kappa shape index (κ2) is 12.6. The second-order valence-corrected chi connectivity index (χ2v) is 7.30. The molecular weight excluding hydrogens is 463 g/mol. The zero-order valence-corrected chi connectivity index (χ0v) is 18.5. The lowest BCUT2D eigenvalue weighted by molar-refractivity contribution is -0.414. The number of benzene rings is 1. The number of halogens is 3. The lowest BCUT2D eigenvalue weighted by Crippen LogP contribution is -2.74. The smallest absolute Gasteiger partial charge is 0.430 e. The second-order valence-electron chi connectivity index (χ2n) is 7.30. The van der Waals surface area contributed by atoms with Gasteiger partial charge in [0, 0.05) is 26.1 Å². The van der Waals surface area contributed by atoms with Crippen LogP contribution in [-0.2, 0) is 30.5 Å². The molecule has 0 aliphatic carbocycles. The molecule has 0 aromatic heterocycles. The number of carboxylic acids is 2. The highest BCUT2D eigenvalue weighted by Crippen LogP contribution is 2.20. The molecule has 2 rings (SSSR count). The summed E-state index contributed by atoms with van der Waals surface area (Å²) in [7, 11) is 0. The minimum Gasteiger partial charge on any atom is -0.542 e. The molecule has 13 heteroatoms. The Kier molecular flexibility index (Phi) is 10.5. The summed E-state index contributed by atoms with van der Waals surface area (Å²) in [5.41, 5.74) is 4.83. The maximum Gasteiger partial charge on any atom is 0.430 e. The van der Waals surface area contributed by atoms with Crippen molar-refractivity contribution in [3.05, 3.63) is 47.7 Å². The first-order valence-electron chi connectivity index (χ1n) is 10.1. The van der Waals surface area contributed by atoms with Gasteiger partial charge >= 0.3 is 12.1 Å². The lowest BCUT2D eigenvalue weighted by atomic mass is 9.97. The molecule has 3 atom stereocenters. The van der Waals surface area contributed by atoms with Crippen molar-refractivity contribution < 1.29 is 53.0 Å². The topological polar surface area (TPSA) is 164 Å². The summed E-state index contributed by atoms with van der Waals surface area (Å²) >= 11 is 0. The highest BCUT2D eigenvalue weighted by molar-refractivity contribution is 5.88. The number of nitrogens with zero attached hydrogens (tertiary/aromatic N) is 1. The molecule has 0 unspecified atom stereocenters. The number of ether oxygens (including phenoxy) is 1. The summed E-state index contributed by atoms with van der Waals surface area (Å²) < 4.78 is 37.0. The van der Waals surface area contributed by atoms with Gasteiger partial charge in [-0.25, -0.2) is 4.79 Å². The molecule has 5 N–H and O–H groups in total. The molecule has 0 saturated heterocycles. The number of quaternary nitrogens is 1. The maximum absolute atomic E-state index is 13.2. The Labute approximate surface area is 193 Å². The zero-order valence-electron chi connectivity index (χ0n) is 18.5. The first-order chi connectivity index (χ1) is 15.8. The van der Waals surface area contributed by atoms with Gasteiger partial charge in [-0.15, -0.1) is 0 Å². The summed E-state index contributed by atoms with van der Waals surface area (Å²) in [6.07, 6.45) is -4.30. The molecule has 0 spiro atoms. The van der Waals surface area contributed by atoms with Crippen molar-refractivity contribution in [3.63, 3.8) is 0 Å². The van der Waals surface area contributed by atoms with Gasteiger partial charge in [0.15, 0.2) is 0 Å². The average molecular weight is 489 g/mol. The standard InChI is InChI=1S/C19H25N3O5.C2HF3O2/c1-3-9-22(11-13-7-5-4-6-8-13)18(24)17-16(21-12(2)23)14(20)10-15(27-17)19(25)26;3-2(4,5)1(6)7/h4-8,10,14,16-17H,3,9,11,20H2,1-2H3,(H,21,23)(H,25,26);(H,6,7)/t14-,16+,17+;/m0./s1. The van der Waals surface area contributed by atoms with Gasteiger partial charge < -0.3 is 35.7 Å². The molecule has 2 amide bonds. The predicted molar refractivity (Wildman–Crippen MR) is 108 cm³/mol. The van der Waals surface area contributed by atoms with Crippen LogP contribution in [0.4, 0.5) is 13.2 Å². The van der Waals surface area contributed by atoms with Crippen molar-refractivity contribution >= 4 is 23.8 Å². The zero-order chi connectivity index (χ0) is 26.1. The molecule has 34 heavy (non-hydrogen) atoms. The Bertz CT molecular complexity index is 907. The van der Waals surface area contributed by atoms with Gasteiger partial charge in [-0.05, 0) is 12.0 Å². The van der Waals surface area contributed by atoms with Crippen molar-refractivity contribution in [1.82, 2.24) is 10.2 Å². The lowest BCUT2D eigenvalue weighted by Gasteiger charge is -2.35. The highest BCUT2D eigenvalue weighted by Gasteiger charge is 2.43. The fourth-order valence-electron chi connectivity index (χ4n) is 3.04. The van der Waals surface area contributed by atoms with Gasteiger partial charge in [0.25, 0.3) is 5.91 Å². The van der Waals surface area contributed by atoms with Crippen molar-refractivity contribution in [3.8, 4) is 0 Å². The van der Waals surface area contributed by atoms with Crippen LogP contribution in [0.5, 0.6) is 0 Å². The number of carbonyl (C=O) groups excluding carboxylic acids is 3. The van der Waals surface area contributed by atoms with E-state index in [0.29, 0.717) is 13.1 Å². The van der Waals surface area contributed by atoms with Crippen molar-refractivity contribution in [2.45, 2.75) is 51.2 Å². The van der Waals surface area contributed by atoms with Gasteiger partial charge in [0.05, 0.1) is 0 Å². The molecule has 1 aliphatic rings. The molecule has 0 saturated carbocycles. The van der Waals surface area contributed by atoms with Gasteiger partial charge in [-0.3, -0.25) is 9.59 Å². The number of rotatable bonds is 7. The summed E-state index contributed by atoms with van der Waals surface area (Å²) in [4.78, 5) is 46.5. The SMILES string of the molecule is CCCN(Cc1ccccc1)C(=O)[C@@H]1OC(C(=O)O)=C[C@H]([NH3+])[C@H]1NC(C)=O.O=C([O-])C(F)(F)F. The Balaban J connectivity index is 0.000000718. The monoisotopic (exact) mass is 489 g/mol. The van der Waals surface area contributed by atoms with E-state index in [-0.39, 0.29) is 17.6 Å². The first kappa shape index (κ1) is 28.4. The van der Waals surface area contributed by atoms with Crippen LogP contribution in [-0.4, -0.2) is 64.7 Å². The van der Waals surface area contributed by atoms with Gasteiger partial charge in [0.2, 0.25) is 17.8 Å². The fraction of sp³-hybridized carbons (Fsp3) is 0.429. The van der Waals surface area contributed by atoms with E-state index in [9.17, 15) is 32.7 Å². The number of carbonyl (C=O) groups is 4. The van der Waals surface area contributed by atoms with E-state index in [4.69, 9.17) is 14.6 Å². The van der Waals surface area contributed by atoms with Crippen molar-refractivity contribution in [2.75, 3.05) is 6.54 Å². The molecule has 10 nitrogen and oxygen atoms in total. The summed E-state index contributed by atoms with van der Waals surface area (Å²) in [5.74, 6) is -5.32. The Hall–Kier alpha value is -3.61. The van der Waals surface area contributed by atoms with Crippen molar-refractivity contribution in [2.24, 2.45) is 0 Å². The van der Waals surface area contributed by atoms with Crippen LogP contribution in [0.25, 0.3) is 0 Å². The number of alkyl halides is 3. The molecule has 1 aromatic carbocycles. The van der Waals surface area contributed by atoms with Gasteiger partial charge in [-0.2, -0.15) is 13.2 Å². The third-order valence-corrected chi connectivity index (χ3v) is 4.48.